The Morgan fingerprint density at radius 2 is 1.11 bits per heavy atom. The molecule has 4 nitrogen and oxygen atoms in total. The van der Waals surface area contributed by atoms with Gasteiger partial charge in [0.25, 0.3) is 0 Å². The Morgan fingerprint density at radius 1 is 0.600 bits per heavy atom. The molecule has 2 aromatic carbocycles. The lowest BCUT2D eigenvalue weighted by Crippen LogP contribution is -2.48. The van der Waals surface area contributed by atoms with Crippen LogP contribution in [0.25, 0.3) is 0 Å². The zero-order chi connectivity index (χ0) is 23.8. The molecule has 4 N–H and O–H groups in total. The molecular weight excluding hydrogens is 428 g/mol. The minimum atomic E-state index is 0.288. The van der Waals surface area contributed by atoms with Crippen LogP contribution in [-0.2, 0) is 11.1 Å². The Balaban J connectivity index is 0.856. The first kappa shape index (κ1) is 25.0. The summed E-state index contributed by atoms with van der Waals surface area (Å²) in [6.07, 6.45) is 12.9. The molecule has 3 aliphatic rings. The van der Waals surface area contributed by atoms with Gasteiger partial charge in [-0.3, -0.25) is 0 Å². The summed E-state index contributed by atoms with van der Waals surface area (Å²) in [4.78, 5) is 0. The quantitative estimate of drug-likeness (QED) is 0.242. The van der Waals surface area contributed by atoms with Gasteiger partial charge in [-0.25, -0.2) is 0 Å². The molecule has 0 aromatic heterocycles. The Labute approximate surface area is 213 Å². The van der Waals surface area contributed by atoms with Gasteiger partial charge in [-0.15, -0.1) is 0 Å². The van der Waals surface area contributed by atoms with Crippen LogP contribution >= 0.6 is 0 Å². The van der Waals surface area contributed by atoms with Crippen molar-refractivity contribution in [2.45, 2.75) is 81.3 Å². The minimum absolute atomic E-state index is 0.288. The van der Waals surface area contributed by atoms with Crippen molar-refractivity contribution in [3.05, 3.63) is 71.8 Å². The fourth-order valence-corrected chi connectivity index (χ4v) is 5.84. The van der Waals surface area contributed by atoms with Gasteiger partial charge in [0.05, 0.1) is 0 Å². The summed E-state index contributed by atoms with van der Waals surface area (Å²) >= 11 is 0. The number of rotatable bonds is 17. The third-order valence-corrected chi connectivity index (χ3v) is 8.69. The second-order valence-electron chi connectivity index (χ2n) is 11.3. The van der Waals surface area contributed by atoms with Crippen molar-refractivity contribution in [3.63, 3.8) is 0 Å². The molecule has 0 radical (unpaired) electrons. The summed E-state index contributed by atoms with van der Waals surface area (Å²) < 4.78 is 0. The molecule has 2 aromatic rings. The monoisotopic (exact) mass is 474 g/mol. The maximum absolute atomic E-state index is 3.84. The largest absolute Gasteiger partial charge is 0.316 e. The number of hydrogen-bond acceptors (Lipinski definition) is 4. The van der Waals surface area contributed by atoms with Crippen molar-refractivity contribution in [1.29, 1.82) is 0 Å². The fraction of sp³-hybridized carbons (Fsp3) is 0.613. The first-order chi connectivity index (χ1) is 17.3. The van der Waals surface area contributed by atoms with E-state index in [1.54, 1.807) is 0 Å². The van der Waals surface area contributed by atoms with Crippen LogP contribution in [0.15, 0.2) is 60.7 Å². The molecule has 2 atom stereocenters. The van der Waals surface area contributed by atoms with Crippen LogP contribution in [0.5, 0.6) is 0 Å². The number of nitrogens with one attached hydrogen (secondary N) is 4. The molecular formula is C31H46N4. The molecule has 0 heterocycles. The standard InChI is InChI=1S/C31H46N4/c1-3-11-27(12-4-1)30(17-18-30)34-23-9-7-21-32-25-26-15-16-29(26)33-22-8-10-24-35-31(19-20-31)28-13-5-2-6-14-28/h1-6,11-14,26,29,32-35H,7-10,15-25H2. The van der Waals surface area contributed by atoms with Gasteiger partial charge in [0.15, 0.2) is 0 Å². The molecule has 0 bridgehead atoms. The summed E-state index contributed by atoms with van der Waals surface area (Å²) in [6, 6.07) is 22.7. The lowest BCUT2D eigenvalue weighted by atomic mass is 9.79. The third-order valence-electron chi connectivity index (χ3n) is 8.69. The molecule has 3 fully saturated rings. The smallest absolute Gasteiger partial charge is 0.0436 e. The summed E-state index contributed by atoms with van der Waals surface area (Å²) in [7, 11) is 0. The number of unbranched alkanes of at least 4 members (excludes halogenated alkanes) is 2. The van der Waals surface area contributed by atoms with Crippen LogP contribution < -0.4 is 21.3 Å². The average molecular weight is 475 g/mol. The zero-order valence-electron chi connectivity index (χ0n) is 21.5. The molecule has 190 valence electrons. The van der Waals surface area contributed by atoms with Gasteiger partial charge in [-0.2, -0.15) is 0 Å². The Bertz CT molecular complexity index is 875. The first-order valence-corrected chi connectivity index (χ1v) is 14.4. The Morgan fingerprint density at radius 3 is 1.60 bits per heavy atom. The van der Waals surface area contributed by atoms with Crippen LogP contribution in [0.1, 0.15) is 75.3 Å². The molecule has 2 unspecified atom stereocenters. The van der Waals surface area contributed by atoms with Gasteiger partial charge in [0, 0.05) is 17.1 Å². The van der Waals surface area contributed by atoms with E-state index in [9.17, 15) is 0 Å². The van der Waals surface area contributed by atoms with Crippen molar-refractivity contribution >= 4 is 0 Å². The van der Waals surface area contributed by atoms with E-state index in [1.165, 1.54) is 81.9 Å². The van der Waals surface area contributed by atoms with Crippen LogP contribution in [0, 0.1) is 5.92 Å². The van der Waals surface area contributed by atoms with Gasteiger partial charge in [-0.1, -0.05) is 60.7 Å². The van der Waals surface area contributed by atoms with Crippen molar-refractivity contribution in [1.82, 2.24) is 21.3 Å². The Hall–Kier alpha value is -1.72. The van der Waals surface area contributed by atoms with Gasteiger partial charge in [0.2, 0.25) is 0 Å². The normalized spacial score (nSPS) is 23.5. The topological polar surface area (TPSA) is 48.1 Å². The van der Waals surface area contributed by atoms with Crippen molar-refractivity contribution in [2.24, 2.45) is 5.92 Å². The predicted octanol–water partition coefficient (Wildman–Crippen LogP) is 5.06. The maximum Gasteiger partial charge on any atom is 0.0436 e. The highest BCUT2D eigenvalue weighted by Gasteiger charge is 2.44. The zero-order valence-corrected chi connectivity index (χ0v) is 21.5. The molecule has 3 saturated carbocycles. The molecule has 3 aliphatic carbocycles. The van der Waals surface area contributed by atoms with Gasteiger partial charge in [-0.05, 0) is 114 Å². The van der Waals surface area contributed by atoms with Gasteiger partial charge in [0.1, 0.15) is 0 Å². The summed E-state index contributed by atoms with van der Waals surface area (Å²) in [6.45, 7) is 5.76. The lowest BCUT2D eigenvalue weighted by Gasteiger charge is -2.37. The van der Waals surface area contributed by atoms with Crippen LogP contribution in [0.2, 0.25) is 0 Å². The minimum Gasteiger partial charge on any atom is -0.316 e. The van der Waals surface area contributed by atoms with Gasteiger partial charge < -0.3 is 21.3 Å². The van der Waals surface area contributed by atoms with Crippen LogP contribution in [0.3, 0.4) is 0 Å². The molecule has 0 aliphatic heterocycles. The van der Waals surface area contributed by atoms with Crippen LogP contribution in [-0.4, -0.2) is 38.8 Å². The van der Waals surface area contributed by atoms with Crippen molar-refractivity contribution in [3.8, 4) is 0 Å². The molecule has 0 spiro atoms. The number of hydrogen-bond donors (Lipinski definition) is 4. The molecule has 0 saturated heterocycles. The SMILES string of the molecule is c1ccc(C2(NCCCCNCC3CCC3NCCCCNC3(c4ccccc4)CC3)CC2)cc1. The third kappa shape index (κ3) is 6.74. The molecule has 0 amide bonds. The summed E-state index contributed by atoms with van der Waals surface area (Å²) in [5.74, 6) is 0.826. The molecule has 35 heavy (non-hydrogen) atoms. The van der Waals surface area contributed by atoms with Crippen LogP contribution in [0.4, 0.5) is 0 Å². The lowest BCUT2D eigenvalue weighted by molar-refractivity contribution is 0.203. The number of benzene rings is 2. The van der Waals surface area contributed by atoms with E-state index >= 15 is 0 Å². The Kier molecular flexibility index (Phi) is 8.56. The molecule has 4 heteroatoms. The highest BCUT2D eigenvalue weighted by atomic mass is 15.0. The highest BCUT2D eigenvalue weighted by Crippen LogP contribution is 2.46. The molecule has 5 rings (SSSR count). The summed E-state index contributed by atoms with van der Waals surface area (Å²) in [5, 5.41) is 15.2. The van der Waals surface area contributed by atoms with E-state index in [-0.39, 0.29) is 11.1 Å². The average Bonchev–Trinajstić information content (AvgIpc) is 3.82. The van der Waals surface area contributed by atoms with Crippen molar-refractivity contribution < 1.29 is 0 Å². The van der Waals surface area contributed by atoms with E-state index in [1.807, 2.05) is 0 Å². The first-order valence-electron chi connectivity index (χ1n) is 14.4. The van der Waals surface area contributed by atoms with Gasteiger partial charge >= 0.3 is 0 Å². The van der Waals surface area contributed by atoms with E-state index in [0.29, 0.717) is 0 Å². The van der Waals surface area contributed by atoms with E-state index in [4.69, 9.17) is 0 Å². The highest BCUT2D eigenvalue weighted by molar-refractivity contribution is 5.30. The maximum atomic E-state index is 3.84. The second-order valence-corrected chi connectivity index (χ2v) is 11.3. The predicted molar refractivity (Wildman–Crippen MR) is 147 cm³/mol. The van der Waals surface area contributed by atoms with E-state index < -0.39 is 0 Å². The van der Waals surface area contributed by atoms with E-state index in [0.717, 1.165) is 38.1 Å². The summed E-state index contributed by atoms with van der Waals surface area (Å²) in [5.41, 5.74) is 3.52. The van der Waals surface area contributed by atoms with Crippen molar-refractivity contribution in [2.75, 3.05) is 32.7 Å². The van der Waals surface area contributed by atoms with E-state index in [2.05, 4.69) is 81.9 Å². The second kappa shape index (κ2) is 12.0. The fourth-order valence-electron chi connectivity index (χ4n) is 5.84.